The van der Waals surface area contributed by atoms with Crippen LogP contribution in [0.3, 0.4) is 0 Å². The van der Waals surface area contributed by atoms with E-state index in [4.69, 9.17) is 0 Å². The van der Waals surface area contributed by atoms with Gasteiger partial charge in [0.05, 0.1) is 5.56 Å². The van der Waals surface area contributed by atoms with E-state index in [1.54, 1.807) is 30.3 Å². The SMILES string of the molecule is Cc1cc2c(nc1C)C(=O)c1ccccc1C2=O. The maximum atomic E-state index is 12.3. The van der Waals surface area contributed by atoms with Crippen molar-refractivity contribution in [3.05, 3.63) is 64.0 Å². The van der Waals surface area contributed by atoms with E-state index in [2.05, 4.69) is 4.98 Å². The summed E-state index contributed by atoms with van der Waals surface area (Å²) in [5.41, 5.74) is 3.33. The minimum absolute atomic E-state index is 0.115. The second-order valence-electron chi connectivity index (χ2n) is 4.49. The lowest BCUT2D eigenvalue weighted by molar-refractivity contribution is 0.0975. The van der Waals surface area contributed by atoms with Crippen molar-refractivity contribution in [3.8, 4) is 0 Å². The number of fused-ring (bicyclic) bond motifs is 2. The first-order chi connectivity index (χ1) is 8.59. The highest BCUT2D eigenvalue weighted by molar-refractivity contribution is 6.27. The number of hydrogen-bond donors (Lipinski definition) is 0. The van der Waals surface area contributed by atoms with Gasteiger partial charge in [-0.1, -0.05) is 24.3 Å². The highest BCUT2D eigenvalue weighted by Crippen LogP contribution is 2.27. The lowest BCUT2D eigenvalue weighted by Crippen LogP contribution is -2.23. The van der Waals surface area contributed by atoms with E-state index in [1.807, 2.05) is 13.8 Å². The minimum Gasteiger partial charge on any atom is -0.288 e. The number of ketones is 2. The molecule has 18 heavy (non-hydrogen) atoms. The largest absolute Gasteiger partial charge is 0.288 e. The van der Waals surface area contributed by atoms with Crippen LogP contribution in [0.2, 0.25) is 0 Å². The van der Waals surface area contributed by atoms with Gasteiger partial charge < -0.3 is 0 Å². The summed E-state index contributed by atoms with van der Waals surface area (Å²) >= 11 is 0. The van der Waals surface area contributed by atoms with Gasteiger partial charge in [0.1, 0.15) is 5.69 Å². The van der Waals surface area contributed by atoms with Gasteiger partial charge in [0.25, 0.3) is 0 Å². The Labute approximate surface area is 104 Å². The number of benzene rings is 1. The van der Waals surface area contributed by atoms with Crippen molar-refractivity contribution in [1.29, 1.82) is 0 Å². The predicted molar refractivity (Wildman–Crippen MR) is 67.0 cm³/mol. The molecule has 3 nitrogen and oxygen atoms in total. The van der Waals surface area contributed by atoms with Crippen molar-refractivity contribution in [1.82, 2.24) is 4.98 Å². The summed E-state index contributed by atoms with van der Waals surface area (Å²) in [6.45, 7) is 3.73. The molecule has 0 spiro atoms. The van der Waals surface area contributed by atoms with Crippen LogP contribution in [0.15, 0.2) is 30.3 Å². The summed E-state index contributed by atoms with van der Waals surface area (Å²) in [4.78, 5) is 28.9. The van der Waals surface area contributed by atoms with Gasteiger partial charge in [-0.25, -0.2) is 4.98 Å². The second kappa shape index (κ2) is 3.60. The van der Waals surface area contributed by atoms with E-state index in [-0.39, 0.29) is 17.3 Å². The quantitative estimate of drug-likeness (QED) is 0.603. The Balaban J connectivity index is 2.34. The Morgan fingerprint density at radius 3 is 2.17 bits per heavy atom. The number of aryl methyl sites for hydroxylation is 2. The van der Waals surface area contributed by atoms with E-state index in [1.165, 1.54) is 0 Å². The maximum Gasteiger partial charge on any atom is 0.212 e. The maximum absolute atomic E-state index is 12.3. The molecule has 1 aliphatic rings. The van der Waals surface area contributed by atoms with Crippen molar-refractivity contribution in [2.45, 2.75) is 13.8 Å². The van der Waals surface area contributed by atoms with E-state index in [0.29, 0.717) is 16.7 Å². The van der Waals surface area contributed by atoms with Crippen molar-refractivity contribution in [2.75, 3.05) is 0 Å². The van der Waals surface area contributed by atoms with Gasteiger partial charge in [-0.2, -0.15) is 0 Å². The van der Waals surface area contributed by atoms with Crippen LogP contribution in [-0.4, -0.2) is 16.6 Å². The molecule has 0 bridgehead atoms. The molecule has 0 fully saturated rings. The van der Waals surface area contributed by atoms with Crippen molar-refractivity contribution in [3.63, 3.8) is 0 Å². The van der Waals surface area contributed by atoms with Gasteiger partial charge >= 0.3 is 0 Å². The fourth-order valence-corrected chi connectivity index (χ4v) is 2.20. The fraction of sp³-hybridized carbons (Fsp3) is 0.133. The Morgan fingerprint density at radius 1 is 0.889 bits per heavy atom. The number of rotatable bonds is 0. The van der Waals surface area contributed by atoms with Crippen LogP contribution in [0.1, 0.15) is 43.2 Å². The molecule has 0 saturated carbocycles. The van der Waals surface area contributed by atoms with Gasteiger partial charge in [-0.15, -0.1) is 0 Å². The van der Waals surface area contributed by atoms with Gasteiger partial charge in [0.2, 0.25) is 5.78 Å². The molecule has 1 heterocycles. The van der Waals surface area contributed by atoms with E-state index >= 15 is 0 Å². The van der Waals surface area contributed by atoms with Crippen LogP contribution in [0.25, 0.3) is 0 Å². The summed E-state index contributed by atoms with van der Waals surface area (Å²) in [7, 11) is 0. The Hall–Kier alpha value is -2.29. The average Bonchev–Trinajstić information content (AvgIpc) is 2.38. The second-order valence-corrected chi connectivity index (χ2v) is 4.49. The topological polar surface area (TPSA) is 47.0 Å². The molecule has 1 aromatic heterocycles. The normalized spacial score (nSPS) is 13.2. The van der Waals surface area contributed by atoms with E-state index in [0.717, 1.165) is 11.3 Å². The number of carbonyl (C=O) groups excluding carboxylic acids is 2. The molecule has 0 amide bonds. The zero-order chi connectivity index (χ0) is 12.9. The smallest absolute Gasteiger partial charge is 0.212 e. The molecule has 1 aliphatic carbocycles. The van der Waals surface area contributed by atoms with Crippen LogP contribution in [-0.2, 0) is 0 Å². The molecule has 1 aromatic carbocycles. The van der Waals surface area contributed by atoms with Crippen LogP contribution in [0.5, 0.6) is 0 Å². The van der Waals surface area contributed by atoms with Gasteiger partial charge in [-0.3, -0.25) is 9.59 Å². The Morgan fingerprint density at radius 2 is 1.50 bits per heavy atom. The molecular formula is C15H11NO2. The zero-order valence-corrected chi connectivity index (χ0v) is 10.2. The third-order valence-corrected chi connectivity index (χ3v) is 3.34. The van der Waals surface area contributed by atoms with Crippen LogP contribution < -0.4 is 0 Å². The molecule has 0 aliphatic heterocycles. The third-order valence-electron chi connectivity index (χ3n) is 3.34. The number of aromatic nitrogens is 1. The fourth-order valence-electron chi connectivity index (χ4n) is 2.20. The first kappa shape index (κ1) is 10.8. The van der Waals surface area contributed by atoms with Crippen molar-refractivity contribution < 1.29 is 9.59 Å². The highest BCUT2D eigenvalue weighted by atomic mass is 16.1. The summed E-state index contributed by atoms with van der Waals surface area (Å²) in [6, 6.07) is 8.65. The molecule has 0 saturated heterocycles. The van der Waals surface area contributed by atoms with Crippen LogP contribution in [0, 0.1) is 13.8 Å². The number of hydrogen-bond acceptors (Lipinski definition) is 3. The average molecular weight is 237 g/mol. The summed E-state index contributed by atoms with van der Waals surface area (Å²) in [5.74, 6) is -0.279. The first-order valence-electron chi connectivity index (χ1n) is 5.76. The van der Waals surface area contributed by atoms with Gasteiger partial charge in [-0.05, 0) is 25.5 Å². The van der Waals surface area contributed by atoms with Gasteiger partial charge in [0.15, 0.2) is 5.78 Å². The molecule has 0 radical (unpaired) electrons. The molecule has 3 rings (SSSR count). The molecular weight excluding hydrogens is 226 g/mol. The molecule has 0 unspecified atom stereocenters. The van der Waals surface area contributed by atoms with Crippen LogP contribution >= 0.6 is 0 Å². The Bertz CT molecular complexity index is 642. The van der Waals surface area contributed by atoms with Crippen molar-refractivity contribution in [2.24, 2.45) is 0 Å². The molecule has 3 heteroatoms. The van der Waals surface area contributed by atoms with Crippen LogP contribution in [0.4, 0.5) is 0 Å². The molecule has 2 aromatic rings. The standard InChI is InChI=1S/C15H11NO2/c1-8-7-12-13(16-9(8)2)15(18)11-6-4-3-5-10(11)14(12)17/h3-7H,1-2H3. The monoisotopic (exact) mass is 237 g/mol. The summed E-state index contributed by atoms with van der Waals surface area (Å²) in [5, 5.41) is 0. The Kier molecular flexibility index (Phi) is 2.17. The molecule has 0 atom stereocenters. The number of nitrogens with zero attached hydrogens (tertiary/aromatic N) is 1. The predicted octanol–water partition coefficient (Wildman–Crippen LogP) is 2.47. The lowest BCUT2D eigenvalue weighted by Gasteiger charge is -2.17. The zero-order valence-electron chi connectivity index (χ0n) is 10.2. The highest BCUT2D eigenvalue weighted by Gasteiger charge is 2.30. The van der Waals surface area contributed by atoms with E-state index in [9.17, 15) is 9.59 Å². The minimum atomic E-state index is -0.164. The number of carbonyl (C=O) groups is 2. The molecule has 0 N–H and O–H groups in total. The lowest BCUT2D eigenvalue weighted by atomic mass is 9.86. The van der Waals surface area contributed by atoms with Gasteiger partial charge in [0, 0.05) is 16.8 Å². The number of pyridine rings is 1. The molecule has 88 valence electrons. The third kappa shape index (κ3) is 1.34. The first-order valence-corrected chi connectivity index (χ1v) is 5.76. The van der Waals surface area contributed by atoms with Crippen molar-refractivity contribution >= 4 is 11.6 Å². The summed E-state index contributed by atoms with van der Waals surface area (Å²) < 4.78 is 0. The van der Waals surface area contributed by atoms with E-state index < -0.39 is 0 Å². The summed E-state index contributed by atoms with van der Waals surface area (Å²) in [6.07, 6.45) is 0.